The lowest BCUT2D eigenvalue weighted by molar-refractivity contribution is 0.220. The second-order valence-electron chi connectivity index (χ2n) is 7.49. The zero-order valence-electron chi connectivity index (χ0n) is 18.2. The molecule has 0 saturated heterocycles. The molecular formula is C24H29N5S. The molecule has 156 valence electrons. The lowest BCUT2D eigenvalue weighted by atomic mass is 10.0. The summed E-state index contributed by atoms with van der Waals surface area (Å²) in [6, 6.07) is 17.4. The van der Waals surface area contributed by atoms with Crippen LogP contribution in [0.1, 0.15) is 43.6 Å². The highest BCUT2D eigenvalue weighted by Crippen LogP contribution is 2.31. The van der Waals surface area contributed by atoms with Crippen molar-refractivity contribution in [1.82, 2.24) is 23.4 Å². The summed E-state index contributed by atoms with van der Waals surface area (Å²) in [7, 11) is 2.08. The largest absolute Gasteiger partial charge is 0.296 e. The summed E-state index contributed by atoms with van der Waals surface area (Å²) >= 11 is 1.28. The zero-order valence-corrected chi connectivity index (χ0v) is 19.0. The van der Waals surface area contributed by atoms with Crippen molar-refractivity contribution in [3.05, 3.63) is 65.4 Å². The average Bonchev–Trinajstić information content (AvgIpc) is 3.32. The Morgan fingerprint density at radius 1 is 0.933 bits per heavy atom. The molecular weight excluding hydrogens is 390 g/mol. The molecule has 1 aliphatic rings. The van der Waals surface area contributed by atoms with Crippen LogP contribution >= 0.6 is 11.7 Å². The smallest absolute Gasteiger partial charge is 0.105 e. The normalized spacial score (nSPS) is 15.2. The zero-order chi connectivity index (χ0) is 21.1. The fourth-order valence-electron chi connectivity index (χ4n) is 4.28. The molecule has 4 aromatic rings. The number of aromatic nitrogens is 4. The van der Waals surface area contributed by atoms with E-state index in [-0.39, 0.29) is 0 Å². The molecule has 0 aliphatic carbocycles. The minimum atomic E-state index is 0.355. The molecule has 0 saturated carbocycles. The molecule has 0 radical (unpaired) electrons. The van der Waals surface area contributed by atoms with Gasteiger partial charge in [-0.05, 0) is 31.0 Å². The molecule has 5 rings (SSSR count). The molecule has 1 aliphatic heterocycles. The van der Waals surface area contributed by atoms with Crippen molar-refractivity contribution in [2.45, 2.75) is 39.7 Å². The molecule has 5 nitrogen and oxygen atoms in total. The molecule has 0 fully saturated rings. The second-order valence-corrected chi connectivity index (χ2v) is 8.02. The van der Waals surface area contributed by atoms with Crippen molar-refractivity contribution in [3.63, 3.8) is 0 Å². The highest BCUT2D eigenvalue weighted by molar-refractivity contribution is 7.00. The number of benzene rings is 2. The van der Waals surface area contributed by atoms with Crippen molar-refractivity contribution >= 4 is 22.8 Å². The van der Waals surface area contributed by atoms with Gasteiger partial charge in [0.1, 0.15) is 11.0 Å². The molecule has 3 heterocycles. The lowest BCUT2D eigenvalue weighted by Crippen LogP contribution is -2.29. The number of aryl methyl sites for hydroxylation is 1. The third-order valence-electron chi connectivity index (χ3n) is 5.91. The van der Waals surface area contributed by atoms with Crippen LogP contribution in [0.3, 0.4) is 0 Å². The van der Waals surface area contributed by atoms with Gasteiger partial charge in [-0.15, -0.1) is 0 Å². The monoisotopic (exact) mass is 419 g/mol. The summed E-state index contributed by atoms with van der Waals surface area (Å²) in [6.45, 7) is 8.37. The van der Waals surface area contributed by atoms with Gasteiger partial charge in [-0.25, -0.2) is 0 Å². The highest BCUT2D eigenvalue weighted by atomic mass is 32.1. The topological polar surface area (TPSA) is 46.8 Å². The Bertz CT molecular complexity index is 1120. The minimum Gasteiger partial charge on any atom is -0.296 e. The van der Waals surface area contributed by atoms with Crippen molar-refractivity contribution in [1.29, 1.82) is 0 Å². The standard InChI is InChI=1S/C22H23N5S.C2H6/c1-15(17-8-9-19-20(14-17)25-28-24-19)27-12-10-18-21(11-13-27)26(2)23-22(18)16-6-4-3-5-7-16;1-2/h3-9,14-15H,10-13H2,1-2H3;1-2H3. The van der Waals surface area contributed by atoms with Crippen LogP contribution < -0.4 is 0 Å². The summed E-state index contributed by atoms with van der Waals surface area (Å²) in [5, 5.41) is 4.84. The van der Waals surface area contributed by atoms with E-state index < -0.39 is 0 Å². The maximum Gasteiger partial charge on any atom is 0.105 e. The first-order valence-electron chi connectivity index (χ1n) is 10.8. The summed E-state index contributed by atoms with van der Waals surface area (Å²) in [6.07, 6.45) is 2.05. The van der Waals surface area contributed by atoms with Gasteiger partial charge in [0.2, 0.25) is 0 Å². The first kappa shape index (κ1) is 20.7. The van der Waals surface area contributed by atoms with Crippen LogP contribution in [0.4, 0.5) is 0 Å². The molecule has 6 heteroatoms. The summed E-state index contributed by atoms with van der Waals surface area (Å²) in [4.78, 5) is 2.58. The quantitative estimate of drug-likeness (QED) is 0.453. The number of rotatable bonds is 3. The summed E-state index contributed by atoms with van der Waals surface area (Å²) < 4.78 is 10.8. The maximum absolute atomic E-state index is 4.84. The van der Waals surface area contributed by atoms with Gasteiger partial charge >= 0.3 is 0 Å². The fourth-order valence-corrected chi connectivity index (χ4v) is 4.80. The van der Waals surface area contributed by atoms with E-state index in [1.54, 1.807) is 0 Å². The van der Waals surface area contributed by atoms with Gasteiger partial charge in [0.25, 0.3) is 0 Å². The number of hydrogen-bond donors (Lipinski definition) is 0. The van der Waals surface area contributed by atoms with Crippen LogP contribution in [-0.2, 0) is 19.9 Å². The SMILES string of the molecule is CC.CC(c1ccc2nsnc2c1)N1CCc2c(-c3ccccc3)nn(C)c2CC1. The molecule has 2 aromatic heterocycles. The highest BCUT2D eigenvalue weighted by Gasteiger charge is 2.25. The van der Waals surface area contributed by atoms with E-state index in [1.807, 2.05) is 13.8 Å². The first-order chi connectivity index (χ1) is 14.7. The van der Waals surface area contributed by atoms with Crippen LogP contribution in [0, 0.1) is 0 Å². The van der Waals surface area contributed by atoms with Crippen LogP contribution in [0.15, 0.2) is 48.5 Å². The number of nitrogens with zero attached hydrogens (tertiary/aromatic N) is 5. The van der Waals surface area contributed by atoms with E-state index in [9.17, 15) is 0 Å². The van der Waals surface area contributed by atoms with Crippen molar-refractivity contribution in [2.24, 2.45) is 7.05 Å². The fraction of sp³-hybridized carbons (Fsp3) is 0.375. The molecule has 1 unspecified atom stereocenters. The summed E-state index contributed by atoms with van der Waals surface area (Å²) in [5.41, 5.74) is 8.43. The Morgan fingerprint density at radius 3 is 2.47 bits per heavy atom. The number of fused-ring (bicyclic) bond motifs is 2. The Labute approximate surface area is 182 Å². The van der Waals surface area contributed by atoms with E-state index in [1.165, 1.54) is 34.1 Å². The second kappa shape index (κ2) is 9.06. The van der Waals surface area contributed by atoms with Crippen LogP contribution in [0.2, 0.25) is 0 Å². The van der Waals surface area contributed by atoms with Gasteiger partial charge < -0.3 is 0 Å². The molecule has 0 N–H and O–H groups in total. The van der Waals surface area contributed by atoms with Gasteiger partial charge in [0.15, 0.2) is 0 Å². The van der Waals surface area contributed by atoms with Crippen LogP contribution in [0.5, 0.6) is 0 Å². The van der Waals surface area contributed by atoms with Gasteiger partial charge in [-0.3, -0.25) is 9.58 Å². The predicted octanol–water partition coefficient (Wildman–Crippen LogP) is 5.28. The number of hydrogen-bond acceptors (Lipinski definition) is 5. The average molecular weight is 420 g/mol. The third kappa shape index (κ3) is 3.89. The molecule has 0 bridgehead atoms. The van der Waals surface area contributed by atoms with Gasteiger partial charge in [-0.1, -0.05) is 50.2 Å². The van der Waals surface area contributed by atoms with Crippen molar-refractivity contribution in [2.75, 3.05) is 13.1 Å². The van der Waals surface area contributed by atoms with Gasteiger partial charge in [0, 0.05) is 49.4 Å². The van der Waals surface area contributed by atoms with Crippen LogP contribution in [-0.4, -0.2) is 36.5 Å². The predicted molar refractivity (Wildman–Crippen MR) is 125 cm³/mol. The van der Waals surface area contributed by atoms with Gasteiger partial charge in [0.05, 0.1) is 17.4 Å². The molecule has 30 heavy (non-hydrogen) atoms. The van der Waals surface area contributed by atoms with E-state index in [0.29, 0.717) is 6.04 Å². The molecule has 2 aromatic carbocycles. The minimum absolute atomic E-state index is 0.355. The Hall–Kier alpha value is -2.57. The maximum atomic E-state index is 4.84. The lowest BCUT2D eigenvalue weighted by Gasteiger charge is -2.28. The Morgan fingerprint density at radius 2 is 1.67 bits per heavy atom. The summed E-state index contributed by atoms with van der Waals surface area (Å²) in [5.74, 6) is 0. The van der Waals surface area contributed by atoms with Crippen molar-refractivity contribution < 1.29 is 0 Å². The van der Waals surface area contributed by atoms with E-state index in [0.717, 1.165) is 42.7 Å². The van der Waals surface area contributed by atoms with E-state index in [2.05, 4.69) is 80.8 Å². The third-order valence-corrected chi connectivity index (χ3v) is 6.47. The first-order valence-corrected chi connectivity index (χ1v) is 11.5. The Balaban J connectivity index is 0.00000106. The van der Waals surface area contributed by atoms with E-state index in [4.69, 9.17) is 5.10 Å². The van der Waals surface area contributed by atoms with Crippen molar-refractivity contribution in [3.8, 4) is 11.3 Å². The molecule has 0 spiro atoms. The van der Waals surface area contributed by atoms with E-state index >= 15 is 0 Å². The molecule has 0 amide bonds. The van der Waals surface area contributed by atoms with Crippen LogP contribution in [0.25, 0.3) is 22.3 Å². The Kier molecular flexibility index (Phi) is 6.25. The molecule has 1 atom stereocenters. The van der Waals surface area contributed by atoms with Gasteiger partial charge in [-0.2, -0.15) is 13.8 Å².